The second-order valence-corrected chi connectivity index (χ2v) is 7.41. The van der Waals surface area contributed by atoms with E-state index in [9.17, 15) is 4.39 Å². The van der Waals surface area contributed by atoms with Crippen molar-refractivity contribution in [2.24, 2.45) is 0 Å². The summed E-state index contributed by atoms with van der Waals surface area (Å²) in [6, 6.07) is 1.72. The average molecular weight is 365 g/mol. The minimum atomic E-state index is -0.575. The molecule has 0 radical (unpaired) electrons. The van der Waals surface area contributed by atoms with Crippen LogP contribution in [0.2, 0.25) is 5.02 Å². The number of nitrogens with two attached hydrogens (primary N) is 1. The Labute approximate surface area is 151 Å². The summed E-state index contributed by atoms with van der Waals surface area (Å²) in [4.78, 5) is 11.0. The summed E-state index contributed by atoms with van der Waals surface area (Å²) in [5, 5.41) is 0.572. The van der Waals surface area contributed by atoms with E-state index in [-0.39, 0.29) is 27.9 Å². The molecule has 0 unspecified atom stereocenters. The van der Waals surface area contributed by atoms with Crippen LogP contribution in [-0.2, 0) is 6.42 Å². The molecular weight excluding hydrogens is 343 g/mol. The van der Waals surface area contributed by atoms with Crippen LogP contribution in [0, 0.1) is 5.82 Å². The van der Waals surface area contributed by atoms with Crippen molar-refractivity contribution in [1.29, 1.82) is 0 Å². The Kier molecular flexibility index (Phi) is 4.20. The summed E-state index contributed by atoms with van der Waals surface area (Å²) in [6.07, 6.45) is 5.29. The number of aryl methyl sites for hydroxylation is 1. The highest BCUT2D eigenvalue weighted by Crippen LogP contribution is 2.39. The molecule has 2 saturated heterocycles. The Balaban J connectivity index is 1.68. The second-order valence-electron chi connectivity index (χ2n) is 7.01. The van der Waals surface area contributed by atoms with Crippen molar-refractivity contribution in [2.45, 2.75) is 44.6 Å². The molecule has 3 heterocycles. The zero-order valence-corrected chi connectivity index (χ0v) is 15.1. The Morgan fingerprint density at radius 1 is 1.32 bits per heavy atom. The summed E-state index contributed by atoms with van der Waals surface area (Å²) >= 11 is 6.01. The zero-order chi connectivity index (χ0) is 17.6. The molecule has 7 heteroatoms. The monoisotopic (exact) mass is 364 g/mol. The van der Waals surface area contributed by atoms with E-state index in [2.05, 4.69) is 14.9 Å². The molecule has 0 aliphatic carbocycles. The van der Waals surface area contributed by atoms with Crippen molar-refractivity contribution in [1.82, 2.24) is 14.9 Å². The predicted octanol–water partition coefficient (Wildman–Crippen LogP) is 3.57. The van der Waals surface area contributed by atoms with Gasteiger partial charge in [0.25, 0.3) is 0 Å². The van der Waals surface area contributed by atoms with Crippen molar-refractivity contribution in [3.63, 3.8) is 0 Å². The molecule has 0 bridgehead atoms. The normalized spacial score (nSPS) is 19.5. The summed E-state index contributed by atoms with van der Waals surface area (Å²) in [7, 11) is 0. The lowest BCUT2D eigenvalue weighted by molar-refractivity contribution is 0.108. The van der Waals surface area contributed by atoms with Gasteiger partial charge < -0.3 is 10.5 Å². The summed E-state index contributed by atoms with van der Waals surface area (Å²) < 4.78 is 20.4. The number of ether oxygens (including phenoxy) is 1. The van der Waals surface area contributed by atoms with Gasteiger partial charge in [-0.25, -0.2) is 4.39 Å². The van der Waals surface area contributed by atoms with E-state index in [1.807, 2.05) is 6.92 Å². The molecule has 2 fully saturated rings. The van der Waals surface area contributed by atoms with E-state index < -0.39 is 5.82 Å². The number of rotatable bonds is 4. The minimum absolute atomic E-state index is 0.0461. The molecule has 2 N–H and O–H groups in total. The maximum absolute atomic E-state index is 14.5. The number of fused-ring (bicyclic) bond motifs is 2. The Morgan fingerprint density at radius 3 is 2.72 bits per heavy atom. The van der Waals surface area contributed by atoms with Crippen molar-refractivity contribution < 1.29 is 9.13 Å². The molecule has 4 rings (SSSR count). The maximum Gasteiger partial charge on any atom is 0.319 e. The van der Waals surface area contributed by atoms with Gasteiger partial charge in [0, 0.05) is 5.39 Å². The first kappa shape index (κ1) is 16.8. The van der Waals surface area contributed by atoms with E-state index in [1.54, 1.807) is 6.07 Å². The van der Waals surface area contributed by atoms with Gasteiger partial charge in [0.1, 0.15) is 17.9 Å². The largest absolute Gasteiger partial charge is 0.461 e. The number of hydrogen-bond donors (Lipinski definition) is 1. The van der Waals surface area contributed by atoms with Crippen LogP contribution >= 0.6 is 11.6 Å². The zero-order valence-electron chi connectivity index (χ0n) is 14.3. The molecular formula is C18H22ClFN4O. The lowest BCUT2D eigenvalue weighted by Gasteiger charge is -2.31. The molecule has 2 aromatic rings. The first-order valence-electron chi connectivity index (χ1n) is 8.86. The van der Waals surface area contributed by atoms with Crippen LogP contribution in [0.5, 0.6) is 6.01 Å². The fraction of sp³-hybridized carbons (Fsp3) is 0.556. The van der Waals surface area contributed by atoms with Gasteiger partial charge in [-0.05, 0) is 56.8 Å². The Bertz CT molecular complexity index is 819. The Hall–Kier alpha value is -1.66. The van der Waals surface area contributed by atoms with Gasteiger partial charge in [0.2, 0.25) is 0 Å². The van der Waals surface area contributed by atoms with Crippen LogP contribution < -0.4 is 10.5 Å². The lowest BCUT2D eigenvalue weighted by Crippen LogP contribution is -2.43. The van der Waals surface area contributed by atoms with Crippen molar-refractivity contribution in [3.05, 3.63) is 22.5 Å². The van der Waals surface area contributed by atoms with E-state index in [0.717, 1.165) is 31.5 Å². The van der Waals surface area contributed by atoms with E-state index >= 15 is 0 Å². The number of halogens is 2. The molecule has 0 spiro atoms. The van der Waals surface area contributed by atoms with Gasteiger partial charge in [-0.1, -0.05) is 18.5 Å². The third-order valence-electron chi connectivity index (χ3n) is 5.62. The SMILES string of the molecule is CCc1cc(Cl)c(F)c2nc(OCC34CCCN3CCC4)nc(N)c12. The molecule has 0 saturated carbocycles. The topological polar surface area (TPSA) is 64.3 Å². The van der Waals surface area contributed by atoms with Crippen LogP contribution in [0.1, 0.15) is 38.2 Å². The molecule has 134 valence electrons. The van der Waals surface area contributed by atoms with Crippen LogP contribution in [0.25, 0.3) is 10.9 Å². The fourth-order valence-corrected chi connectivity index (χ4v) is 4.56. The number of benzene rings is 1. The van der Waals surface area contributed by atoms with E-state index in [1.165, 1.54) is 12.8 Å². The van der Waals surface area contributed by atoms with Gasteiger partial charge in [-0.3, -0.25) is 4.90 Å². The fourth-order valence-electron chi connectivity index (χ4n) is 4.34. The Morgan fingerprint density at radius 2 is 2.04 bits per heavy atom. The summed E-state index contributed by atoms with van der Waals surface area (Å²) in [5.74, 6) is -0.339. The van der Waals surface area contributed by atoms with Crippen LogP contribution in [0.15, 0.2) is 6.07 Å². The molecule has 1 aromatic heterocycles. The van der Waals surface area contributed by atoms with Crippen molar-refractivity contribution >= 4 is 28.3 Å². The average Bonchev–Trinajstić information content (AvgIpc) is 3.16. The van der Waals surface area contributed by atoms with Crippen molar-refractivity contribution in [2.75, 3.05) is 25.4 Å². The van der Waals surface area contributed by atoms with Crippen LogP contribution in [0.4, 0.5) is 10.2 Å². The first-order valence-corrected chi connectivity index (χ1v) is 9.24. The van der Waals surface area contributed by atoms with Gasteiger partial charge in [-0.15, -0.1) is 0 Å². The van der Waals surface area contributed by atoms with Crippen LogP contribution in [-0.4, -0.2) is 40.1 Å². The number of aromatic nitrogens is 2. The van der Waals surface area contributed by atoms with Gasteiger partial charge >= 0.3 is 6.01 Å². The molecule has 0 amide bonds. The highest BCUT2D eigenvalue weighted by molar-refractivity contribution is 6.31. The summed E-state index contributed by atoms with van der Waals surface area (Å²) in [5.41, 5.74) is 7.14. The van der Waals surface area contributed by atoms with Crippen LogP contribution in [0.3, 0.4) is 0 Å². The molecule has 1 aromatic carbocycles. The lowest BCUT2D eigenvalue weighted by atomic mass is 9.95. The third-order valence-corrected chi connectivity index (χ3v) is 5.89. The van der Waals surface area contributed by atoms with Gasteiger partial charge in [0.05, 0.1) is 10.6 Å². The second kappa shape index (κ2) is 6.25. The summed E-state index contributed by atoms with van der Waals surface area (Å²) in [6.45, 7) is 4.71. The van der Waals surface area contributed by atoms with Gasteiger partial charge in [0.15, 0.2) is 5.82 Å². The predicted molar refractivity (Wildman–Crippen MR) is 96.6 cm³/mol. The standard InChI is InChI=1S/C18H22ClFN4O/c1-2-11-9-12(19)14(20)15-13(11)16(21)23-17(22-15)25-10-18-5-3-7-24(18)8-4-6-18/h9H,2-8,10H2,1H3,(H2,21,22,23). The maximum atomic E-state index is 14.5. The molecule has 0 atom stereocenters. The highest BCUT2D eigenvalue weighted by atomic mass is 35.5. The quantitative estimate of drug-likeness (QED) is 0.898. The van der Waals surface area contributed by atoms with E-state index in [0.29, 0.717) is 18.4 Å². The number of hydrogen-bond acceptors (Lipinski definition) is 5. The first-order chi connectivity index (χ1) is 12.0. The third kappa shape index (κ3) is 2.72. The van der Waals surface area contributed by atoms with Gasteiger partial charge in [-0.2, -0.15) is 9.97 Å². The molecule has 25 heavy (non-hydrogen) atoms. The molecule has 2 aliphatic heterocycles. The molecule has 2 aliphatic rings. The minimum Gasteiger partial charge on any atom is -0.461 e. The highest BCUT2D eigenvalue weighted by Gasteiger charge is 2.45. The van der Waals surface area contributed by atoms with Crippen molar-refractivity contribution in [3.8, 4) is 6.01 Å². The number of nitrogens with zero attached hydrogens (tertiary/aromatic N) is 3. The number of nitrogen functional groups attached to an aromatic ring is 1. The molecule has 5 nitrogen and oxygen atoms in total. The van der Waals surface area contributed by atoms with E-state index in [4.69, 9.17) is 22.1 Å². The number of anilines is 1. The smallest absolute Gasteiger partial charge is 0.319 e.